The lowest BCUT2D eigenvalue weighted by Crippen LogP contribution is -2.07. The summed E-state index contributed by atoms with van der Waals surface area (Å²) in [6.45, 7) is 0. The van der Waals surface area contributed by atoms with Crippen molar-refractivity contribution in [3.8, 4) is 11.3 Å². The zero-order valence-electron chi connectivity index (χ0n) is 12.2. The molecule has 0 aliphatic carbocycles. The lowest BCUT2D eigenvalue weighted by molar-refractivity contribution is -0.139. The van der Waals surface area contributed by atoms with Gasteiger partial charge >= 0.3 is 11.6 Å². The predicted molar refractivity (Wildman–Crippen MR) is 86.4 cm³/mol. The van der Waals surface area contributed by atoms with Gasteiger partial charge in [0.2, 0.25) is 0 Å². The van der Waals surface area contributed by atoms with Gasteiger partial charge in [-0.2, -0.15) is 0 Å². The lowest BCUT2D eigenvalue weighted by Gasteiger charge is -2.04. The normalized spacial score (nSPS) is 10.7. The van der Waals surface area contributed by atoms with Crippen LogP contribution < -0.4 is 5.63 Å². The Balaban J connectivity index is 2.09. The minimum Gasteiger partial charge on any atom is -0.469 e. The van der Waals surface area contributed by atoms with E-state index in [1.54, 1.807) is 42.5 Å². The van der Waals surface area contributed by atoms with E-state index in [4.69, 9.17) is 16.0 Å². The van der Waals surface area contributed by atoms with Gasteiger partial charge in [-0.05, 0) is 29.8 Å². The van der Waals surface area contributed by atoms with E-state index in [-0.39, 0.29) is 18.1 Å². The highest BCUT2D eigenvalue weighted by Crippen LogP contribution is 2.20. The molecule has 0 bridgehead atoms. The van der Waals surface area contributed by atoms with Gasteiger partial charge in [-0.25, -0.2) is 9.78 Å². The fourth-order valence-corrected chi connectivity index (χ4v) is 2.32. The van der Waals surface area contributed by atoms with Crippen LogP contribution in [0.2, 0.25) is 5.02 Å². The Morgan fingerprint density at radius 2 is 1.96 bits per heavy atom. The zero-order chi connectivity index (χ0) is 16.4. The molecular formula is C17H12ClNO4. The lowest BCUT2D eigenvalue weighted by atomic mass is 10.1. The molecule has 0 saturated carbocycles. The second kappa shape index (κ2) is 6.22. The number of aromatic nitrogens is 1. The minimum absolute atomic E-state index is 0.128. The Bertz CT molecular complexity index is 931. The molecule has 0 saturated heterocycles. The number of carbonyl (C=O) groups is 1. The van der Waals surface area contributed by atoms with Crippen molar-refractivity contribution in [1.29, 1.82) is 0 Å². The van der Waals surface area contributed by atoms with Crippen LogP contribution in [-0.2, 0) is 16.0 Å². The second-order valence-electron chi connectivity index (χ2n) is 4.91. The number of carbonyl (C=O) groups excluding carboxylic acids is 1. The van der Waals surface area contributed by atoms with Gasteiger partial charge < -0.3 is 9.15 Å². The molecule has 3 aromatic rings. The Kier molecular flexibility index (Phi) is 4.12. The van der Waals surface area contributed by atoms with Crippen molar-refractivity contribution >= 4 is 28.7 Å². The van der Waals surface area contributed by atoms with Crippen molar-refractivity contribution in [3.63, 3.8) is 0 Å². The predicted octanol–water partition coefficient (Wildman–Crippen LogP) is 3.22. The van der Waals surface area contributed by atoms with Crippen LogP contribution in [0.4, 0.5) is 0 Å². The number of hydrogen-bond acceptors (Lipinski definition) is 5. The Labute approximate surface area is 136 Å². The number of nitrogens with zero attached hydrogens (tertiary/aromatic N) is 1. The molecule has 1 aromatic heterocycles. The first kappa shape index (κ1) is 15.2. The third-order valence-electron chi connectivity index (χ3n) is 3.35. The topological polar surface area (TPSA) is 69.4 Å². The van der Waals surface area contributed by atoms with Crippen molar-refractivity contribution in [3.05, 3.63) is 63.5 Å². The number of benzene rings is 2. The molecule has 0 radical (unpaired) electrons. The van der Waals surface area contributed by atoms with E-state index < -0.39 is 5.63 Å². The molecule has 0 aliphatic rings. The fourth-order valence-electron chi connectivity index (χ4n) is 2.19. The van der Waals surface area contributed by atoms with Crippen LogP contribution in [0.15, 0.2) is 51.7 Å². The molecule has 0 unspecified atom stereocenters. The molecule has 0 spiro atoms. The standard InChI is InChI=1S/C17H12ClNO4/c1-22-15(20)9-10-2-7-14-13(8-10)19-16(17(21)23-14)11-3-5-12(18)6-4-11/h2-8H,9H2,1H3. The summed E-state index contributed by atoms with van der Waals surface area (Å²) < 4.78 is 9.94. The molecule has 5 nitrogen and oxygen atoms in total. The Hall–Kier alpha value is -2.66. The molecule has 1 heterocycles. The monoisotopic (exact) mass is 329 g/mol. The van der Waals surface area contributed by atoms with Gasteiger partial charge in [0.1, 0.15) is 5.52 Å². The molecule has 23 heavy (non-hydrogen) atoms. The van der Waals surface area contributed by atoms with Crippen LogP contribution in [0.25, 0.3) is 22.4 Å². The maximum Gasteiger partial charge on any atom is 0.363 e. The first-order chi connectivity index (χ1) is 11.1. The van der Waals surface area contributed by atoms with Gasteiger partial charge in [0.25, 0.3) is 0 Å². The van der Waals surface area contributed by atoms with E-state index in [9.17, 15) is 9.59 Å². The number of rotatable bonds is 3. The molecule has 0 N–H and O–H groups in total. The molecule has 0 aliphatic heterocycles. The van der Waals surface area contributed by atoms with E-state index in [0.29, 0.717) is 21.7 Å². The van der Waals surface area contributed by atoms with Crippen LogP contribution in [0.1, 0.15) is 5.56 Å². The van der Waals surface area contributed by atoms with Crippen molar-refractivity contribution in [2.75, 3.05) is 7.11 Å². The van der Waals surface area contributed by atoms with Crippen molar-refractivity contribution in [2.45, 2.75) is 6.42 Å². The second-order valence-corrected chi connectivity index (χ2v) is 5.35. The number of esters is 1. The Morgan fingerprint density at radius 1 is 1.22 bits per heavy atom. The summed E-state index contributed by atoms with van der Waals surface area (Å²) in [6.07, 6.45) is 0.128. The van der Waals surface area contributed by atoms with E-state index >= 15 is 0 Å². The molecular weight excluding hydrogens is 318 g/mol. The van der Waals surface area contributed by atoms with Crippen molar-refractivity contribution < 1.29 is 13.9 Å². The van der Waals surface area contributed by atoms with Gasteiger partial charge in [0.15, 0.2) is 11.3 Å². The van der Waals surface area contributed by atoms with Crippen molar-refractivity contribution in [2.24, 2.45) is 0 Å². The van der Waals surface area contributed by atoms with Gasteiger partial charge in [-0.1, -0.05) is 29.8 Å². The summed E-state index contributed by atoms with van der Waals surface area (Å²) >= 11 is 5.85. The molecule has 3 rings (SSSR count). The largest absolute Gasteiger partial charge is 0.469 e. The maximum absolute atomic E-state index is 12.1. The zero-order valence-corrected chi connectivity index (χ0v) is 13.0. The summed E-state index contributed by atoms with van der Waals surface area (Å²) in [5.41, 5.74) is 1.87. The smallest absolute Gasteiger partial charge is 0.363 e. The number of fused-ring (bicyclic) bond motifs is 1. The van der Waals surface area contributed by atoms with Crippen LogP contribution in [0, 0.1) is 0 Å². The first-order valence-corrected chi connectivity index (χ1v) is 7.21. The first-order valence-electron chi connectivity index (χ1n) is 6.83. The highest BCUT2D eigenvalue weighted by molar-refractivity contribution is 6.30. The van der Waals surface area contributed by atoms with Crippen LogP contribution >= 0.6 is 11.6 Å². The van der Waals surface area contributed by atoms with Crippen LogP contribution in [0.3, 0.4) is 0 Å². The molecule has 2 aromatic carbocycles. The molecule has 116 valence electrons. The summed E-state index contributed by atoms with van der Waals surface area (Å²) in [4.78, 5) is 27.8. The molecule has 0 amide bonds. The summed E-state index contributed by atoms with van der Waals surface area (Å²) in [5.74, 6) is -0.348. The number of ether oxygens (including phenoxy) is 1. The van der Waals surface area contributed by atoms with Gasteiger partial charge in [-0.3, -0.25) is 4.79 Å². The van der Waals surface area contributed by atoms with E-state index in [1.165, 1.54) is 7.11 Å². The van der Waals surface area contributed by atoms with Gasteiger partial charge in [-0.15, -0.1) is 0 Å². The van der Waals surface area contributed by atoms with E-state index in [0.717, 1.165) is 5.56 Å². The summed E-state index contributed by atoms with van der Waals surface area (Å²) in [7, 11) is 1.33. The maximum atomic E-state index is 12.1. The number of hydrogen-bond donors (Lipinski definition) is 0. The highest BCUT2D eigenvalue weighted by Gasteiger charge is 2.11. The number of methoxy groups -OCH3 is 1. The van der Waals surface area contributed by atoms with E-state index in [1.807, 2.05) is 0 Å². The third-order valence-corrected chi connectivity index (χ3v) is 3.60. The van der Waals surface area contributed by atoms with Crippen LogP contribution in [0.5, 0.6) is 0 Å². The molecule has 0 atom stereocenters. The highest BCUT2D eigenvalue weighted by atomic mass is 35.5. The van der Waals surface area contributed by atoms with Gasteiger partial charge in [0.05, 0.1) is 13.5 Å². The minimum atomic E-state index is -0.527. The summed E-state index contributed by atoms with van der Waals surface area (Å²) in [6, 6.07) is 11.8. The average Bonchev–Trinajstić information content (AvgIpc) is 2.55. The Morgan fingerprint density at radius 3 is 2.65 bits per heavy atom. The average molecular weight is 330 g/mol. The fraction of sp³-hybridized carbons (Fsp3) is 0.118. The molecule has 6 heteroatoms. The van der Waals surface area contributed by atoms with E-state index in [2.05, 4.69) is 9.72 Å². The van der Waals surface area contributed by atoms with Crippen LogP contribution in [-0.4, -0.2) is 18.1 Å². The third kappa shape index (κ3) is 3.24. The van der Waals surface area contributed by atoms with Crippen molar-refractivity contribution in [1.82, 2.24) is 4.98 Å². The van der Waals surface area contributed by atoms with Gasteiger partial charge in [0, 0.05) is 10.6 Å². The SMILES string of the molecule is COC(=O)Cc1ccc2oc(=O)c(-c3ccc(Cl)cc3)nc2c1. The quantitative estimate of drug-likeness (QED) is 0.690. The number of halogens is 1. The summed E-state index contributed by atoms with van der Waals surface area (Å²) in [5, 5.41) is 0.569. The molecule has 0 fully saturated rings.